The molecule has 0 radical (unpaired) electrons. The summed E-state index contributed by atoms with van der Waals surface area (Å²) in [4.78, 5) is 11.0. The maximum atomic E-state index is 11.0. The van der Waals surface area contributed by atoms with E-state index in [1.54, 1.807) is 0 Å². The Morgan fingerprint density at radius 3 is 2.68 bits per heavy atom. The molecule has 0 saturated carbocycles. The van der Waals surface area contributed by atoms with Gasteiger partial charge in [0.2, 0.25) is 5.91 Å². The lowest BCUT2D eigenvalue weighted by Crippen LogP contribution is -2.11. The summed E-state index contributed by atoms with van der Waals surface area (Å²) < 4.78 is 5.53. The van der Waals surface area contributed by atoms with Gasteiger partial charge in [0, 0.05) is 31.5 Å². The molecule has 0 unspecified atom stereocenters. The van der Waals surface area contributed by atoms with Crippen molar-refractivity contribution in [3.8, 4) is 0 Å². The lowest BCUT2D eigenvalue weighted by atomic mass is 10.1. The number of benzene rings is 1. The summed E-state index contributed by atoms with van der Waals surface area (Å²) in [6.07, 6.45) is 1.10. The quantitative estimate of drug-likeness (QED) is 0.709. The van der Waals surface area contributed by atoms with E-state index in [1.165, 1.54) is 6.92 Å². The molecule has 19 heavy (non-hydrogen) atoms. The van der Waals surface area contributed by atoms with E-state index in [1.807, 2.05) is 24.3 Å². The van der Waals surface area contributed by atoms with Gasteiger partial charge in [-0.05, 0) is 30.5 Å². The zero-order valence-corrected chi connectivity index (χ0v) is 12.0. The predicted molar refractivity (Wildman–Crippen MR) is 79.5 cm³/mol. The summed E-state index contributed by atoms with van der Waals surface area (Å²) in [7, 11) is 0. The minimum atomic E-state index is -0.0610. The van der Waals surface area contributed by atoms with Crippen LogP contribution < -0.4 is 10.6 Å². The van der Waals surface area contributed by atoms with Gasteiger partial charge in [0.15, 0.2) is 0 Å². The molecule has 0 aliphatic rings. The van der Waals surface area contributed by atoms with Crippen LogP contribution in [0.3, 0.4) is 0 Å². The number of hydrogen-bond donors (Lipinski definition) is 2. The third-order valence-corrected chi connectivity index (χ3v) is 2.60. The molecule has 0 heterocycles. The van der Waals surface area contributed by atoms with Crippen molar-refractivity contribution in [3.63, 3.8) is 0 Å². The molecule has 4 heteroatoms. The number of rotatable bonds is 8. The molecule has 1 amide bonds. The highest BCUT2D eigenvalue weighted by Gasteiger charge is 1.98. The van der Waals surface area contributed by atoms with Crippen molar-refractivity contribution >= 4 is 17.3 Å². The van der Waals surface area contributed by atoms with Gasteiger partial charge in [0.1, 0.15) is 0 Å². The van der Waals surface area contributed by atoms with Crippen molar-refractivity contribution in [1.82, 2.24) is 0 Å². The number of carbonyl (C=O) groups is 1. The van der Waals surface area contributed by atoms with Crippen LogP contribution in [0.25, 0.3) is 0 Å². The summed E-state index contributed by atoms with van der Waals surface area (Å²) in [5.41, 5.74) is 1.79. The fourth-order valence-electron chi connectivity index (χ4n) is 1.60. The maximum absolute atomic E-state index is 11.0. The van der Waals surface area contributed by atoms with E-state index in [4.69, 9.17) is 4.74 Å². The molecule has 106 valence electrons. The van der Waals surface area contributed by atoms with Gasteiger partial charge in [-0.3, -0.25) is 4.79 Å². The van der Waals surface area contributed by atoms with Crippen molar-refractivity contribution in [3.05, 3.63) is 24.3 Å². The highest BCUT2D eigenvalue weighted by Crippen LogP contribution is 2.14. The Bertz CT molecular complexity index is 391. The SMILES string of the molecule is CC(=O)Nc1cccc(NCCOCCC(C)C)c1. The third-order valence-electron chi connectivity index (χ3n) is 2.60. The number of nitrogens with one attached hydrogen (secondary N) is 2. The Labute approximate surface area is 115 Å². The molecule has 0 bridgehead atoms. The van der Waals surface area contributed by atoms with Crippen molar-refractivity contribution in [1.29, 1.82) is 0 Å². The van der Waals surface area contributed by atoms with Gasteiger partial charge in [-0.1, -0.05) is 19.9 Å². The normalized spacial score (nSPS) is 10.5. The van der Waals surface area contributed by atoms with Gasteiger partial charge in [-0.25, -0.2) is 0 Å². The Morgan fingerprint density at radius 2 is 2.00 bits per heavy atom. The van der Waals surface area contributed by atoms with E-state index in [0.29, 0.717) is 12.5 Å². The molecule has 4 nitrogen and oxygen atoms in total. The molecular weight excluding hydrogens is 240 g/mol. The van der Waals surface area contributed by atoms with E-state index < -0.39 is 0 Å². The van der Waals surface area contributed by atoms with Crippen LogP contribution >= 0.6 is 0 Å². The van der Waals surface area contributed by atoms with E-state index in [0.717, 1.165) is 30.9 Å². The Hall–Kier alpha value is -1.55. The van der Waals surface area contributed by atoms with Crippen LogP contribution in [0.15, 0.2) is 24.3 Å². The second kappa shape index (κ2) is 8.53. The highest BCUT2D eigenvalue weighted by atomic mass is 16.5. The van der Waals surface area contributed by atoms with Crippen LogP contribution in [0.4, 0.5) is 11.4 Å². The fourth-order valence-corrected chi connectivity index (χ4v) is 1.60. The Kier molecular flexibility index (Phi) is 6.97. The second-order valence-electron chi connectivity index (χ2n) is 4.98. The van der Waals surface area contributed by atoms with Crippen LogP contribution in [0.1, 0.15) is 27.2 Å². The van der Waals surface area contributed by atoms with Gasteiger partial charge in [-0.2, -0.15) is 0 Å². The lowest BCUT2D eigenvalue weighted by Gasteiger charge is -2.10. The average molecular weight is 264 g/mol. The molecule has 0 atom stereocenters. The van der Waals surface area contributed by atoms with Gasteiger partial charge < -0.3 is 15.4 Å². The Morgan fingerprint density at radius 1 is 1.26 bits per heavy atom. The standard InChI is InChI=1S/C15H24N2O2/c1-12(2)7-9-19-10-8-16-14-5-4-6-15(11-14)17-13(3)18/h4-6,11-12,16H,7-10H2,1-3H3,(H,17,18). The van der Waals surface area contributed by atoms with E-state index in [-0.39, 0.29) is 5.91 Å². The molecular formula is C15H24N2O2. The first-order valence-electron chi connectivity index (χ1n) is 6.77. The lowest BCUT2D eigenvalue weighted by molar-refractivity contribution is -0.114. The zero-order valence-electron chi connectivity index (χ0n) is 12.0. The predicted octanol–water partition coefficient (Wildman–Crippen LogP) is 3.12. The topological polar surface area (TPSA) is 50.4 Å². The molecule has 1 rings (SSSR count). The van der Waals surface area contributed by atoms with Crippen LogP contribution in [0.5, 0.6) is 0 Å². The maximum Gasteiger partial charge on any atom is 0.221 e. The molecule has 0 saturated heterocycles. The Balaban J connectivity index is 2.23. The number of anilines is 2. The first-order valence-corrected chi connectivity index (χ1v) is 6.77. The van der Waals surface area contributed by atoms with Crippen LogP contribution in [-0.2, 0) is 9.53 Å². The molecule has 1 aromatic carbocycles. The molecule has 0 spiro atoms. The summed E-state index contributed by atoms with van der Waals surface area (Å²) in [5, 5.41) is 6.03. The summed E-state index contributed by atoms with van der Waals surface area (Å²) in [6, 6.07) is 7.66. The summed E-state index contributed by atoms with van der Waals surface area (Å²) in [6.45, 7) is 8.15. The summed E-state index contributed by atoms with van der Waals surface area (Å²) in [5.74, 6) is 0.622. The minimum Gasteiger partial charge on any atom is -0.383 e. The smallest absolute Gasteiger partial charge is 0.221 e. The van der Waals surface area contributed by atoms with Gasteiger partial charge in [0.05, 0.1) is 6.61 Å². The average Bonchev–Trinajstić information content (AvgIpc) is 2.33. The monoisotopic (exact) mass is 264 g/mol. The largest absolute Gasteiger partial charge is 0.383 e. The van der Waals surface area contributed by atoms with E-state index in [2.05, 4.69) is 24.5 Å². The highest BCUT2D eigenvalue weighted by molar-refractivity contribution is 5.89. The number of hydrogen-bond acceptors (Lipinski definition) is 3. The van der Waals surface area contributed by atoms with Crippen molar-refractivity contribution < 1.29 is 9.53 Å². The van der Waals surface area contributed by atoms with Gasteiger partial charge in [-0.15, -0.1) is 0 Å². The van der Waals surface area contributed by atoms with Crippen molar-refractivity contribution in [2.75, 3.05) is 30.4 Å². The van der Waals surface area contributed by atoms with E-state index >= 15 is 0 Å². The second-order valence-corrected chi connectivity index (χ2v) is 4.98. The van der Waals surface area contributed by atoms with Gasteiger partial charge in [0.25, 0.3) is 0 Å². The van der Waals surface area contributed by atoms with Gasteiger partial charge >= 0.3 is 0 Å². The van der Waals surface area contributed by atoms with Crippen LogP contribution in [-0.4, -0.2) is 25.7 Å². The first kappa shape index (κ1) is 15.5. The molecule has 0 fully saturated rings. The summed E-state index contributed by atoms with van der Waals surface area (Å²) >= 11 is 0. The fraction of sp³-hybridized carbons (Fsp3) is 0.533. The molecule has 2 N–H and O–H groups in total. The minimum absolute atomic E-state index is 0.0610. The number of carbonyl (C=O) groups excluding carboxylic acids is 1. The van der Waals surface area contributed by atoms with Crippen LogP contribution in [0.2, 0.25) is 0 Å². The molecule has 1 aromatic rings. The molecule has 0 aliphatic heterocycles. The molecule has 0 aliphatic carbocycles. The first-order chi connectivity index (χ1) is 9.08. The third kappa shape index (κ3) is 7.47. The number of ether oxygens (including phenoxy) is 1. The van der Waals surface area contributed by atoms with E-state index in [9.17, 15) is 4.79 Å². The molecule has 0 aromatic heterocycles. The van der Waals surface area contributed by atoms with Crippen LogP contribution in [0, 0.1) is 5.92 Å². The zero-order chi connectivity index (χ0) is 14.1. The van der Waals surface area contributed by atoms with Crippen molar-refractivity contribution in [2.24, 2.45) is 5.92 Å². The van der Waals surface area contributed by atoms with Crippen molar-refractivity contribution in [2.45, 2.75) is 27.2 Å². The number of amides is 1.